The van der Waals surface area contributed by atoms with E-state index in [2.05, 4.69) is 0 Å². The number of hydrogen-bond donors (Lipinski definition) is 0. The van der Waals surface area contributed by atoms with Crippen molar-refractivity contribution in [2.24, 2.45) is 5.41 Å². The van der Waals surface area contributed by atoms with Crippen LogP contribution in [0.5, 0.6) is 11.5 Å². The van der Waals surface area contributed by atoms with Crippen molar-refractivity contribution in [2.45, 2.75) is 26.6 Å². The Balaban J connectivity index is 2.01. The van der Waals surface area contributed by atoms with Gasteiger partial charge in [0.05, 0.1) is 6.61 Å². The highest BCUT2D eigenvalue weighted by Gasteiger charge is 2.31. The van der Waals surface area contributed by atoms with Crippen LogP contribution >= 0.6 is 0 Å². The molecule has 0 bridgehead atoms. The highest BCUT2D eigenvalue weighted by atomic mass is 19.3. The second-order valence-corrected chi connectivity index (χ2v) is 5.90. The average Bonchev–Trinajstić information content (AvgIpc) is 2.54. The summed E-state index contributed by atoms with van der Waals surface area (Å²) in [6.07, 6.45) is -4.37. The van der Waals surface area contributed by atoms with Gasteiger partial charge in [0, 0.05) is 11.0 Å². The fourth-order valence-corrected chi connectivity index (χ4v) is 1.79. The topological polar surface area (TPSA) is 18.5 Å². The van der Waals surface area contributed by atoms with Crippen LogP contribution in [0.25, 0.3) is 0 Å². The van der Waals surface area contributed by atoms with Gasteiger partial charge in [0.1, 0.15) is 11.5 Å². The number of benzene rings is 2. The number of alkyl halides is 3. The van der Waals surface area contributed by atoms with E-state index in [-0.39, 0.29) is 12.2 Å². The highest BCUT2D eigenvalue weighted by Crippen LogP contribution is 2.30. The number of halogens is 3. The van der Waals surface area contributed by atoms with Crippen LogP contribution in [-0.4, -0.2) is 13.0 Å². The van der Waals surface area contributed by atoms with E-state index in [0.29, 0.717) is 11.5 Å². The van der Waals surface area contributed by atoms with E-state index in [0.717, 1.165) is 0 Å². The van der Waals surface area contributed by atoms with Crippen LogP contribution in [0.2, 0.25) is 0 Å². The highest BCUT2D eigenvalue weighted by molar-refractivity contribution is 5.34. The summed E-state index contributed by atoms with van der Waals surface area (Å²) in [5, 5.41) is 0. The first kappa shape index (κ1) is 17.3. The molecule has 0 aromatic heterocycles. The fraction of sp³-hybridized carbons (Fsp3) is 0.333. The van der Waals surface area contributed by atoms with Crippen LogP contribution < -0.4 is 4.74 Å². The lowest BCUT2D eigenvalue weighted by Crippen LogP contribution is -2.28. The summed E-state index contributed by atoms with van der Waals surface area (Å²) in [7, 11) is 0. The van der Waals surface area contributed by atoms with E-state index in [9.17, 15) is 13.2 Å². The maximum absolute atomic E-state index is 14.1. The molecule has 0 saturated heterocycles. The third-order valence-electron chi connectivity index (χ3n) is 3.29. The molecule has 0 amide bonds. The smallest absolute Gasteiger partial charge is 0.245 e. The van der Waals surface area contributed by atoms with Gasteiger partial charge in [0.15, 0.2) is 0 Å². The number of hydrogen-bond acceptors (Lipinski definition) is 2. The zero-order valence-electron chi connectivity index (χ0n) is 13.0. The van der Waals surface area contributed by atoms with E-state index < -0.39 is 18.2 Å². The first-order valence-electron chi connectivity index (χ1n) is 7.25. The van der Waals surface area contributed by atoms with Crippen LogP contribution in [0, 0.1) is 5.41 Å². The van der Waals surface area contributed by atoms with Crippen LogP contribution in [0.4, 0.5) is 13.2 Å². The largest absolute Gasteiger partial charge is 0.457 e. The van der Waals surface area contributed by atoms with Crippen LogP contribution in [0.1, 0.15) is 25.8 Å². The van der Waals surface area contributed by atoms with Crippen molar-refractivity contribution >= 4 is 0 Å². The molecule has 23 heavy (non-hydrogen) atoms. The Hall–Kier alpha value is -2.01. The standard InChI is InChI=1S/C18H19F3O2/c1-18(2,17(20)21)12-22-16(19)13-7-6-10-15(11-13)23-14-8-4-3-5-9-14/h3-11,16-17H,12H2,1-2H3. The number of ether oxygens (including phenoxy) is 2. The number of rotatable bonds is 7. The molecule has 0 N–H and O–H groups in total. The molecule has 5 heteroatoms. The van der Waals surface area contributed by atoms with Crippen LogP contribution in [-0.2, 0) is 4.74 Å². The Kier molecular flexibility index (Phi) is 5.66. The summed E-state index contributed by atoms with van der Waals surface area (Å²) in [6, 6.07) is 15.4. The van der Waals surface area contributed by atoms with Crippen molar-refractivity contribution in [3.05, 3.63) is 60.2 Å². The lowest BCUT2D eigenvalue weighted by Gasteiger charge is -2.24. The normalized spacial score (nSPS) is 13.1. The molecule has 124 valence electrons. The minimum absolute atomic E-state index is 0.225. The van der Waals surface area contributed by atoms with Crippen molar-refractivity contribution < 1.29 is 22.6 Å². The predicted octanol–water partition coefficient (Wildman–Crippen LogP) is 5.75. The Bertz CT molecular complexity index is 615. The predicted molar refractivity (Wildman–Crippen MR) is 82.5 cm³/mol. The zero-order valence-corrected chi connectivity index (χ0v) is 13.0. The summed E-state index contributed by atoms with van der Waals surface area (Å²) in [5.41, 5.74) is -1.17. The molecule has 1 unspecified atom stereocenters. The van der Waals surface area contributed by atoms with E-state index in [1.165, 1.54) is 26.0 Å². The summed E-state index contributed by atoms with van der Waals surface area (Å²) in [4.78, 5) is 0. The molecule has 0 fully saturated rings. The third-order valence-corrected chi connectivity index (χ3v) is 3.29. The average molecular weight is 324 g/mol. The summed E-state index contributed by atoms with van der Waals surface area (Å²) in [5.74, 6) is 1.08. The lowest BCUT2D eigenvalue weighted by molar-refractivity contribution is -0.109. The molecular weight excluding hydrogens is 305 g/mol. The van der Waals surface area contributed by atoms with Gasteiger partial charge < -0.3 is 9.47 Å². The minimum atomic E-state index is -2.58. The Morgan fingerprint density at radius 2 is 1.57 bits per heavy atom. The molecule has 2 nitrogen and oxygen atoms in total. The van der Waals surface area contributed by atoms with Crippen molar-refractivity contribution in [2.75, 3.05) is 6.61 Å². The molecule has 0 heterocycles. The molecule has 0 aliphatic carbocycles. The van der Waals surface area contributed by atoms with Crippen molar-refractivity contribution in [1.82, 2.24) is 0 Å². The molecular formula is C18H19F3O2. The quantitative estimate of drug-likeness (QED) is 0.645. The molecule has 2 aromatic rings. The second-order valence-electron chi connectivity index (χ2n) is 5.90. The van der Waals surface area contributed by atoms with Gasteiger partial charge in [-0.15, -0.1) is 0 Å². The van der Waals surface area contributed by atoms with Crippen molar-refractivity contribution in [3.8, 4) is 11.5 Å². The van der Waals surface area contributed by atoms with Crippen molar-refractivity contribution in [3.63, 3.8) is 0 Å². The van der Waals surface area contributed by atoms with Gasteiger partial charge in [-0.25, -0.2) is 13.2 Å². The lowest BCUT2D eigenvalue weighted by atomic mass is 9.96. The maximum Gasteiger partial charge on any atom is 0.245 e. The van der Waals surface area contributed by atoms with E-state index in [4.69, 9.17) is 9.47 Å². The molecule has 2 rings (SSSR count). The van der Waals surface area contributed by atoms with Gasteiger partial charge in [-0.05, 0) is 24.3 Å². The first-order valence-corrected chi connectivity index (χ1v) is 7.25. The molecule has 0 aliphatic rings. The van der Waals surface area contributed by atoms with Gasteiger partial charge in [-0.3, -0.25) is 0 Å². The molecule has 0 spiro atoms. The molecule has 0 aliphatic heterocycles. The maximum atomic E-state index is 14.1. The third kappa shape index (κ3) is 4.99. The molecule has 2 aromatic carbocycles. The van der Waals surface area contributed by atoms with Gasteiger partial charge in [-0.2, -0.15) is 0 Å². The Morgan fingerprint density at radius 3 is 2.22 bits per heavy atom. The monoisotopic (exact) mass is 324 g/mol. The molecule has 1 atom stereocenters. The van der Waals surface area contributed by atoms with Gasteiger partial charge in [-0.1, -0.05) is 44.2 Å². The second kappa shape index (κ2) is 7.51. The Morgan fingerprint density at radius 1 is 0.913 bits per heavy atom. The van der Waals surface area contributed by atoms with Gasteiger partial charge in [0.25, 0.3) is 0 Å². The van der Waals surface area contributed by atoms with Crippen LogP contribution in [0.3, 0.4) is 0 Å². The van der Waals surface area contributed by atoms with Gasteiger partial charge in [0.2, 0.25) is 12.8 Å². The summed E-state index contributed by atoms with van der Waals surface area (Å²) >= 11 is 0. The SMILES string of the molecule is CC(C)(COC(F)c1cccc(Oc2ccccc2)c1)C(F)F. The fourth-order valence-electron chi connectivity index (χ4n) is 1.79. The van der Waals surface area contributed by atoms with Crippen LogP contribution in [0.15, 0.2) is 54.6 Å². The molecule has 0 radical (unpaired) electrons. The molecule has 0 saturated carbocycles. The van der Waals surface area contributed by atoms with E-state index in [1.807, 2.05) is 18.2 Å². The first-order chi connectivity index (χ1) is 10.9. The van der Waals surface area contributed by atoms with E-state index >= 15 is 0 Å². The summed E-state index contributed by atoms with van der Waals surface area (Å²) in [6.45, 7) is 2.29. The van der Waals surface area contributed by atoms with Gasteiger partial charge >= 0.3 is 0 Å². The summed E-state index contributed by atoms with van der Waals surface area (Å²) < 4.78 is 50.2. The van der Waals surface area contributed by atoms with Crippen molar-refractivity contribution in [1.29, 1.82) is 0 Å². The van der Waals surface area contributed by atoms with E-state index in [1.54, 1.807) is 24.3 Å². The number of para-hydroxylation sites is 1. The zero-order chi connectivity index (χ0) is 16.9. The minimum Gasteiger partial charge on any atom is -0.457 e. The Labute approximate surface area is 133 Å².